The first-order valence-corrected chi connectivity index (χ1v) is 6.45. The molecule has 0 aliphatic carbocycles. The standard InChI is InChI=1S/C14H16FN3O/c1-9-5-6-10(11(15)8-9)13-16-14(19-17-13)12-4-3-7-18(12)2/h5-6,8,12H,3-4,7H2,1-2H3/t12-/m0/s1. The van der Waals surface area contributed by atoms with Gasteiger partial charge in [0.05, 0.1) is 11.6 Å². The molecule has 2 heterocycles. The van der Waals surface area contributed by atoms with Crippen molar-refractivity contribution in [2.24, 2.45) is 0 Å². The molecule has 0 amide bonds. The summed E-state index contributed by atoms with van der Waals surface area (Å²) in [5.74, 6) is 0.593. The zero-order valence-corrected chi connectivity index (χ0v) is 11.1. The van der Waals surface area contributed by atoms with Crippen LogP contribution in [0.5, 0.6) is 0 Å². The average molecular weight is 261 g/mol. The third-order valence-electron chi connectivity index (χ3n) is 3.61. The maximum Gasteiger partial charge on any atom is 0.244 e. The quantitative estimate of drug-likeness (QED) is 0.833. The molecule has 1 saturated heterocycles. The number of aromatic nitrogens is 2. The minimum atomic E-state index is -0.313. The Morgan fingerprint density at radius 1 is 1.42 bits per heavy atom. The van der Waals surface area contributed by atoms with Crippen molar-refractivity contribution in [2.75, 3.05) is 13.6 Å². The van der Waals surface area contributed by atoms with E-state index in [1.807, 2.05) is 20.0 Å². The molecule has 1 aromatic heterocycles. The lowest BCUT2D eigenvalue weighted by molar-refractivity contribution is 0.245. The van der Waals surface area contributed by atoms with Crippen LogP contribution in [0, 0.1) is 12.7 Å². The number of halogens is 1. The van der Waals surface area contributed by atoms with E-state index in [2.05, 4.69) is 15.0 Å². The van der Waals surface area contributed by atoms with Crippen molar-refractivity contribution in [3.05, 3.63) is 35.5 Å². The second-order valence-electron chi connectivity index (χ2n) is 5.08. The van der Waals surface area contributed by atoms with Crippen molar-refractivity contribution in [3.8, 4) is 11.4 Å². The molecule has 1 aliphatic rings. The van der Waals surface area contributed by atoms with Gasteiger partial charge in [0.15, 0.2) is 0 Å². The summed E-state index contributed by atoms with van der Waals surface area (Å²) in [4.78, 5) is 6.53. The Morgan fingerprint density at radius 2 is 2.26 bits per heavy atom. The molecule has 1 atom stereocenters. The van der Waals surface area contributed by atoms with Crippen LogP contribution in [-0.4, -0.2) is 28.6 Å². The highest BCUT2D eigenvalue weighted by atomic mass is 19.1. The molecular formula is C14H16FN3O. The molecule has 1 aromatic carbocycles. The molecule has 0 N–H and O–H groups in total. The zero-order chi connectivity index (χ0) is 13.4. The Labute approximate surface area is 111 Å². The predicted molar refractivity (Wildman–Crippen MR) is 69.0 cm³/mol. The van der Waals surface area contributed by atoms with Gasteiger partial charge in [-0.1, -0.05) is 11.2 Å². The lowest BCUT2D eigenvalue weighted by Crippen LogP contribution is -2.17. The van der Waals surface area contributed by atoms with Crippen LogP contribution in [0.4, 0.5) is 4.39 Å². The monoisotopic (exact) mass is 261 g/mol. The van der Waals surface area contributed by atoms with E-state index in [0.717, 1.165) is 24.9 Å². The van der Waals surface area contributed by atoms with Gasteiger partial charge < -0.3 is 4.52 Å². The van der Waals surface area contributed by atoms with E-state index < -0.39 is 0 Å². The van der Waals surface area contributed by atoms with E-state index in [9.17, 15) is 4.39 Å². The average Bonchev–Trinajstić information content (AvgIpc) is 2.97. The van der Waals surface area contributed by atoms with Gasteiger partial charge in [0.2, 0.25) is 11.7 Å². The Kier molecular flexibility index (Phi) is 3.06. The molecule has 1 aliphatic heterocycles. The summed E-state index contributed by atoms with van der Waals surface area (Å²) in [6.07, 6.45) is 2.13. The highest BCUT2D eigenvalue weighted by Gasteiger charge is 2.28. The highest BCUT2D eigenvalue weighted by Crippen LogP contribution is 2.30. The van der Waals surface area contributed by atoms with E-state index in [4.69, 9.17) is 4.52 Å². The summed E-state index contributed by atoms with van der Waals surface area (Å²) in [5, 5.41) is 3.90. The number of aryl methyl sites for hydroxylation is 1. The summed E-state index contributed by atoms with van der Waals surface area (Å²) < 4.78 is 19.2. The molecule has 0 unspecified atom stereocenters. The molecule has 5 heteroatoms. The van der Waals surface area contributed by atoms with Crippen LogP contribution in [0.25, 0.3) is 11.4 Å². The van der Waals surface area contributed by atoms with Gasteiger partial charge in [-0.3, -0.25) is 4.90 Å². The second-order valence-corrected chi connectivity index (χ2v) is 5.08. The third kappa shape index (κ3) is 2.26. The maximum absolute atomic E-state index is 13.9. The fourth-order valence-electron chi connectivity index (χ4n) is 2.50. The largest absolute Gasteiger partial charge is 0.337 e. The van der Waals surface area contributed by atoms with Gasteiger partial charge in [0, 0.05) is 0 Å². The molecule has 3 rings (SSSR count). The van der Waals surface area contributed by atoms with Crippen molar-refractivity contribution in [1.29, 1.82) is 0 Å². The van der Waals surface area contributed by atoms with E-state index in [1.54, 1.807) is 6.07 Å². The molecule has 19 heavy (non-hydrogen) atoms. The number of nitrogens with zero attached hydrogens (tertiary/aromatic N) is 3. The lowest BCUT2D eigenvalue weighted by atomic mass is 10.1. The Balaban J connectivity index is 1.92. The first-order valence-electron chi connectivity index (χ1n) is 6.45. The third-order valence-corrected chi connectivity index (χ3v) is 3.61. The summed E-state index contributed by atoms with van der Waals surface area (Å²) >= 11 is 0. The smallest absolute Gasteiger partial charge is 0.244 e. The fraction of sp³-hybridized carbons (Fsp3) is 0.429. The summed E-state index contributed by atoms with van der Waals surface area (Å²) in [6.45, 7) is 2.88. The van der Waals surface area contributed by atoms with Crippen molar-refractivity contribution < 1.29 is 8.91 Å². The van der Waals surface area contributed by atoms with Crippen molar-refractivity contribution in [3.63, 3.8) is 0 Å². The Hall–Kier alpha value is -1.75. The van der Waals surface area contributed by atoms with Crippen LogP contribution in [-0.2, 0) is 0 Å². The molecule has 2 aromatic rings. The topological polar surface area (TPSA) is 42.2 Å². The number of likely N-dealkylation sites (tertiary alicyclic amines) is 1. The van der Waals surface area contributed by atoms with Gasteiger partial charge in [0.1, 0.15) is 5.82 Å². The van der Waals surface area contributed by atoms with Gasteiger partial charge in [-0.15, -0.1) is 0 Å². The molecular weight excluding hydrogens is 245 g/mol. The second kappa shape index (κ2) is 4.74. The molecule has 4 nitrogen and oxygen atoms in total. The first kappa shape index (κ1) is 12.3. The maximum atomic E-state index is 13.9. The minimum absolute atomic E-state index is 0.162. The van der Waals surface area contributed by atoms with Gasteiger partial charge in [-0.05, 0) is 51.1 Å². The van der Waals surface area contributed by atoms with E-state index in [0.29, 0.717) is 17.3 Å². The van der Waals surface area contributed by atoms with Crippen LogP contribution in [0.1, 0.15) is 30.3 Å². The van der Waals surface area contributed by atoms with Gasteiger partial charge in [0.25, 0.3) is 0 Å². The van der Waals surface area contributed by atoms with E-state index in [1.165, 1.54) is 6.07 Å². The normalized spacial score (nSPS) is 20.1. The van der Waals surface area contributed by atoms with Crippen molar-refractivity contribution in [1.82, 2.24) is 15.0 Å². The van der Waals surface area contributed by atoms with Crippen LogP contribution in [0.2, 0.25) is 0 Å². The summed E-state index contributed by atoms with van der Waals surface area (Å²) in [7, 11) is 2.04. The summed E-state index contributed by atoms with van der Waals surface area (Å²) in [6, 6.07) is 5.18. The number of benzene rings is 1. The lowest BCUT2D eigenvalue weighted by Gasteiger charge is -2.14. The SMILES string of the molecule is Cc1ccc(-c2noc([C@@H]3CCCN3C)n2)c(F)c1. The zero-order valence-electron chi connectivity index (χ0n) is 11.1. The Morgan fingerprint density at radius 3 is 2.95 bits per heavy atom. The van der Waals surface area contributed by atoms with Crippen molar-refractivity contribution >= 4 is 0 Å². The van der Waals surface area contributed by atoms with E-state index in [-0.39, 0.29) is 11.9 Å². The predicted octanol–water partition coefficient (Wildman–Crippen LogP) is 2.95. The molecule has 0 bridgehead atoms. The molecule has 0 spiro atoms. The number of hydrogen-bond acceptors (Lipinski definition) is 4. The van der Waals surface area contributed by atoms with Crippen LogP contribution >= 0.6 is 0 Å². The van der Waals surface area contributed by atoms with Crippen LogP contribution < -0.4 is 0 Å². The minimum Gasteiger partial charge on any atom is -0.337 e. The Bertz CT molecular complexity index is 596. The van der Waals surface area contributed by atoms with Gasteiger partial charge >= 0.3 is 0 Å². The molecule has 0 saturated carbocycles. The summed E-state index contributed by atoms with van der Waals surface area (Å²) in [5.41, 5.74) is 1.27. The first-order chi connectivity index (χ1) is 9.15. The fourth-order valence-corrected chi connectivity index (χ4v) is 2.50. The van der Waals surface area contributed by atoms with Gasteiger partial charge in [-0.25, -0.2) is 4.39 Å². The number of hydrogen-bond donors (Lipinski definition) is 0. The highest BCUT2D eigenvalue weighted by molar-refractivity contribution is 5.55. The number of rotatable bonds is 2. The molecule has 0 radical (unpaired) electrons. The molecule has 1 fully saturated rings. The van der Waals surface area contributed by atoms with Crippen LogP contribution in [0.3, 0.4) is 0 Å². The van der Waals surface area contributed by atoms with Crippen LogP contribution in [0.15, 0.2) is 22.7 Å². The van der Waals surface area contributed by atoms with Gasteiger partial charge in [-0.2, -0.15) is 4.98 Å². The van der Waals surface area contributed by atoms with E-state index >= 15 is 0 Å². The van der Waals surface area contributed by atoms with Crippen molar-refractivity contribution in [2.45, 2.75) is 25.8 Å². The molecule has 100 valence electrons.